The molecule has 0 aliphatic rings. The van der Waals surface area contributed by atoms with Gasteiger partial charge in [0, 0.05) is 22.3 Å². The van der Waals surface area contributed by atoms with Gasteiger partial charge in [0.05, 0.1) is 6.21 Å². The van der Waals surface area contributed by atoms with Gasteiger partial charge in [-0.25, -0.2) is 5.43 Å². The number of hydrogen-bond donors (Lipinski definition) is 3. The summed E-state index contributed by atoms with van der Waals surface area (Å²) in [6, 6.07) is 12.6. The zero-order valence-electron chi connectivity index (χ0n) is 17.6. The Bertz CT molecular complexity index is 976. The molecule has 0 spiro atoms. The third-order valence-corrected chi connectivity index (χ3v) is 4.37. The number of benzene rings is 2. The van der Waals surface area contributed by atoms with Gasteiger partial charge in [-0.15, -0.1) is 0 Å². The first-order chi connectivity index (χ1) is 14.7. The van der Waals surface area contributed by atoms with Gasteiger partial charge in [-0.1, -0.05) is 41.9 Å². The highest BCUT2D eigenvalue weighted by molar-refractivity contribution is 9.10. The van der Waals surface area contributed by atoms with Gasteiger partial charge in [-0.2, -0.15) is 5.10 Å². The number of nitrogens with one attached hydrogen (secondary N) is 3. The molecular weight excluding hydrogens is 464 g/mol. The fourth-order valence-electron chi connectivity index (χ4n) is 2.40. The summed E-state index contributed by atoms with van der Waals surface area (Å²) in [6.45, 7) is 5.97. The van der Waals surface area contributed by atoms with E-state index < -0.39 is 11.8 Å². The van der Waals surface area contributed by atoms with Gasteiger partial charge in [0.25, 0.3) is 5.91 Å². The lowest BCUT2D eigenvalue weighted by Gasteiger charge is -2.10. The lowest BCUT2D eigenvalue weighted by Crippen LogP contribution is -2.39. The summed E-state index contributed by atoms with van der Waals surface area (Å²) < 4.78 is 6.37. The Morgan fingerprint density at radius 3 is 2.61 bits per heavy atom. The van der Waals surface area contributed by atoms with Crippen LogP contribution in [0.5, 0.6) is 5.75 Å². The minimum absolute atomic E-state index is 0.208. The Labute approximate surface area is 189 Å². The number of hydrogen-bond acceptors (Lipinski definition) is 5. The smallest absolute Gasteiger partial charge is 0.329 e. The van der Waals surface area contributed by atoms with Crippen molar-refractivity contribution in [1.82, 2.24) is 10.7 Å². The Morgan fingerprint density at radius 1 is 1.13 bits per heavy atom. The van der Waals surface area contributed by atoms with Crippen LogP contribution in [-0.4, -0.2) is 37.1 Å². The van der Waals surface area contributed by atoms with Crippen molar-refractivity contribution < 1.29 is 19.1 Å². The summed E-state index contributed by atoms with van der Waals surface area (Å²) in [5.74, 6) is -1.32. The molecular formula is C22H25BrN4O4. The molecule has 0 heterocycles. The first-order valence-electron chi connectivity index (χ1n) is 9.64. The molecule has 0 unspecified atom stereocenters. The van der Waals surface area contributed by atoms with Crippen LogP contribution in [0.2, 0.25) is 0 Å². The van der Waals surface area contributed by atoms with Crippen LogP contribution in [0.15, 0.2) is 52.0 Å². The third kappa shape index (κ3) is 8.59. The van der Waals surface area contributed by atoms with E-state index in [9.17, 15) is 14.4 Å². The number of hydrazone groups is 1. The summed E-state index contributed by atoms with van der Waals surface area (Å²) in [6.07, 6.45) is 1.34. The van der Waals surface area contributed by atoms with Crippen molar-refractivity contribution in [3.8, 4) is 5.75 Å². The first kappa shape index (κ1) is 24.1. The molecule has 8 nitrogen and oxygen atoms in total. The van der Waals surface area contributed by atoms with Crippen LogP contribution in [0.25, 0.3) is 0 Å². The van der Waals surface area contributed by atoms with E-state index >= 15 is 0 Å². The van der Waals surface area contributed by atoms with E-state index in [0.717, 1.165) is 10.0 Å². The fourth-order valence-corrected chi connectivity index (χ4v) is 2.78. The molecule has 0 aromatic heterocycles. The predicted molar refractivity (Wildman–Crippen MR) is 123 cm³/mol. The van der Waals surface area contributed by atoms with Crippen molar-refractivity contribution in [3.63, 3.8) is 0 Å². The van der Waals surface area contributed by atoms with E-state index in [0.29, 0.717) is 23.5 Å². The molecule has 0 aliphatic carbocycles. The summed E-state index contributed by atoms with van der Waals surface area (Å²) in [7, 11) is 0. The summed E-state index contributed by atoms with van der Waals surface area (Å²) >= 11 is 3.36. The number of ether oxygens (including phenoxy) is 1. The van der Waals surface area contributed by atoms with Crippen molar-refractivity contribution in [3.05, 3.63) is 58.1 Å². The van der Waals surface area contributed by atoms with Gasteiger partial charge < -0.3 is 15.4 Å². The van der Waals surface area contributed by atoms with Gasteiger partial charge in [0.2, 0.25) is 0 Å². The lowest BCUT2D eigenvalue weighted by atomic mass is 10.2. The number of aryl methyl sites for hydroxylation is 1. The summed E-state index contributed by atoms with van der Waals surface area (Å²) in [5, 5.41) is 9.08. The monoisotopic (exact) mass is 488 g/mol. The molecule has 2 rings (SSSR count). The maximum absolute atomic E-state index is 12.2. The van der Waals surface area contributed by atoms with Crippen molar-refractivity contribution in [2.45, 2.75) is 20.8 Å². The second-order valence-corrected chi connectivity index (χ2v) is 8.11. The summed E-state index contributed by atoms with van der Waals surface area (Å²) in [5.41, 5.74) is 4.40. The van der Waals surface area contributed by atoms with Crippen LogP contribution in [0, 0.1) is 12.8 Å². The van der Waals surface area contributed by atoms with Crippen molar-refractivity contribution >= 4 is 45.6 Å². The molecule has 3 amide bonds. The number of amides is 3. The molecule has 9 heteroatoms. The molecule has 2 aromatic rings. The van der Waals surface area contributed by atoms with Crippen LogP contribution in [0.4, 0.5) is 5.69 Å². The van der Waals surface area contributed by atoms with Gasteiger partial charge in [0.15, 0.2) is 6.61 Å². The predicted octanol–water partition coefficient (Wildman–Crippen LogP) is 3.00. The molecule has 3 N–H and O–H groups in total. The zero-order chi connectivity index (χ0) is 22.8. The van der Waals surface area contributed by atoms with E-state index in [2.05, 4.69) is 37.1 Å². The van der Waals surface area contributed by atoms with Crippen molar-refractivity contribution in [2.75, 3.05) is 18.5 Å². The number of anilines is 1. The maximum Gasteiger partial charge on any atom is 0.329 e. The van der Waals surface area contributed by atoms with Gasteiger partial charge >= 0.3 is 11.8 Å². The quantitative estimate of drug-likeness (QED) is 0.301. The van der Waals surface area contributed by atoms with Crippen LogP contribution in [0.1, 0.15) is 25.0 Å². The highest BCUT2D eigenvalue weighted by atomic mass is 79.9. The van der Waals surface area contributed by atoms with Crippen LogP contribution >= 0.6 is 15.9 Å². The average Bonchev–Trinajstić information content (AvgIpc) is 2.71. The molecule has 0 saturated heterocycles. The number of rotatable bonds is 8. The highest BCUT2D eigenvalue weighted by Crippen LogP contribution is 2.22. The molecule has 0 saturated carbocycles. The molecule has 0 aliphatic heterocycles. The van der Waals surface area contributed by atoms with Gasteiger partial charge in [0.1, 0.15) is 5.75 Å². The topological polar surface area (TPSA) is 109 Å². The summed E-state index contributed by atoms with van der Waals surface area (Å²) in [4.78, 5) is 35.6. The van der Waals surface area contributed by atoms with E-state index in [1.165, 1.54) is 6.21 Å². The van der Waals surface area contributed by atoms with E-state index in [1.54, 1.807) is 24.3 Å². The highest BCUT2D eigenvalue weighted by Gasteiger charge is 2.12. The standard InChI is InChI=1S/C22H25BrN4O4/c1-14(2)11-24-21(29)22(30)27-25-12-16-10-17(23)7-8-19(16)31-13-20(28)26-18-6-4-5-15(3)9-18/h4-10,12,14H,11,13H2,1-3H3,(H,24,29)(H,26,28)(H,27,30)/b25-12-. The maximum atomic E-state index is 12.2. The first-order valence-corrected chi connectivity index (χ1v) is 10.4. The number of halogens is 1. The van der Waals surface area contributed by atoms with Crippen LogP contribution in [-0.2, 0) is 14.4 Å². The Morgan fingerprint density at radius 2 is 1.90 bits per heavy atom. The third-order valence-electron chi connectivity index (χ3n) is 3.88. The van der Waals surface area contributed by atoms with Gasteiger partial charge in [-0.05, 0) is 48.7 Å². The van der Waals surface area contributed by atoms with Gasteiger partial charge in [-0.3, -0.25) is 14.4 Å². The largest absolute Gasteiger partial charge is 0.483 e. The average molecular weight is 489 g/mol. The van der Waals surface area contributed by atoms with Crippen LogP contribution in [0.3, 0.4) is 0 Å². The number of carbonyl (C=O) groups excluding carboxylic acids is 3. The molecule has 0 bridgehead atoms. The van der Waals surface area contributed by atoms with Crippen molar-refractivity contribution in [1.29, 1.82) is 0 Å². The molecule has 31 heavy (non-hydrogen) atoms. The Kier molecular flexibility index (Phi) is 9.20. The van der Waals surface area contributed by atoms with E-state index in [1.807, 2.05) is 39.0 Å². The SMILES string of the molecule is Cc1cccc(NC(=O)COc2ccc(Br)cc2/C=N\NC(=O)C(=O)NCC(C)C)c1. The second kappa shape index (κ2) is 11.8. The Hall–Kier alpha value is -3.20. The van der Waals surface area contributed by atoms with E-state index in [4.69, 9.17) is 4.74 Å². The number of nitrogens with zero attached hydrogens (tertiary/aromatic N) is 1. The van der Waals surface area contributed by atoms with Crippen LogP contribution < -0.4 is 20.8 Å². The number of carbonyl (C=O) groups is 3. The molecule has 0 atom stereocenters. The zero-order valence-corrected chi connectivity index (χ0v) is 19.2. The molecule has 0 fully saturated rings. The molecule has 2 aromatic carbocycles. The minimum atomic E-state index is -0.869. The second-order valence-electron chi connectivity index (χ2n) is 7.19. The van der Waals surface area contributed by atoms with E-state index in [-0.39, 0.29) is 18.4 Å². The fraction of sp³-hybridized carbons (Fsp3) is 0.273. The molecule has 164 valence electrons. The van der Waals surface area contributed by atoms with Crippen molar-refractivity contribution in [2.24, 2.45) is 11.0 Å². The minimum Gasteiger partial charge on any atom is -0.483 e. The molecule has 0 radical (unpaired) electrons. The lowest BCUT2D eigenvalue weighted by molar-refractivity contribution is -0.139. The normalized spacial score (nSPS) is 10.7. The Balaban J connectivity index is 1.95.